The molecule has 0 aromatic carbocycles. The molecule has 4 heteroatoms. The molecule has 0 saturated carbocycles. The smallest absolute Gasteiger partial charge is 0.0360 e. The summed E-state index contributed by atoms with van der Waals surface area (Å²) >= 11 is 3.43. The SMILES string of the molecule is CC(C)CNCC(C)NCc1cc(Br)c[nH]1. The van der Waals surface area contributed by atoms with E-state index in [1.165, 1.54) is 5.69 Å². The van der Waals surface area contributed by atoms with E-state index in [0.717, 1.165) is 24.1 Å². The topological polar surface area (TPSA) is 39.8 Å². The second-order valence-electron chi connectivity index (χ2n) is 4.68. The number of halogens is 1. The summed E-state index contributed by atoms with van der Waals surface area (Å²) in [4.78, 5) is 3.21. The first-order valence-corrected chi connectivity index (χ1v) is 6.64. The summed E-state index contributed by atoms with van der Waals surface area (Å²) in [5, 5.41) is 6.92. The monoisotopic (exact) mass is 287 g/mol. The average molecular weight is 288 g/mol. The molecule has 92 valence electrons. The van der Waals surface area contributed by atoms with Crippen molar-refractivity contribution in [1.29, 1.82) is 0 Å². The third kappa shape index (κ3) is 5.68. The largest absolute Gasteiger partial charge is 0.363 e. The molecule has 1 aromatic rings. The van der Waals surface area contributed by atoms with Crippen molar-refractivity contribution >= 4 is 15.9 Å². The van der Waals surface area contributed by atoms with Gasteiger partial charge in [-0.2, -0.15) is 0 Å². The first-order valence-electron chi connectivity index (χ1n) is 5.85. The third-order valence-corrected chi connectivity index (χ3v) is 2.81. The van der Waals surface area contributed by atoms with Crippen molar-refractivity contribution in [3.05, 3.63) is 22.4 Å². The van der Waals surface area contributed by atoms with Crippen molar-refractivity contribution in [3.63, 3.8) is 0 Å². The molecule has 0 spiro atoms. The van der Waals surface area contributed by atoms with Crippen LogP contribution in [0, 0.1) is 5.92 Å². The van der Waals surface area contributed by atoms with Gasteiger partial charge < -0.3 is 15.6 Å². The summed E-state index contributed by atoms with van der Waals surface area (Å²) in [5.41, 5.74) is 1.21. The Morgan fingerprint density at radius 1 is 1.31 bits per heavy atom. The minimum Gasteiger partial charge on any atom is -0.363 e. The Bertz CT molecular complexity index is 296. The van der Waals surface area contributed by atoms with Gasteiger partial charge in [-0.3, -0.25) is 0 Å². The van der Waals surface area contributed by atoms with Crippen LogP contribution in [0.5, 0.6) is 0 Å². The molecular formula is C12H22BrN3. The van der Waals surface area contributed by atoms with Crippen molar-refractivity contribution in [2.75, 3.05) is 13.1 Å². The third-order valence-electron chi connectivity index (χ3n) is 2.35. The standard InChI is InChI=1S/C12H22BrN3/c1-9(2)5-14-6-10(3)15-8-12-4-11(13)7-16-12/h4,7,9-10,14-16H,5-6,8H2,1-3H3. The van der Waals surface area contributed by atoms with Gasteiger partial charge in [-0.1, -0.05) is 13.8 Å². The van der Waals surface area contributed by atoms with Crippen LogP contribution in [0.4, 0.5) is 0 Å². The molecule has 3 nitrogen and oxygen atoms in total. The number of hydrogen-bond acceptors (Lipinski definition) is 2. The van der Waals surface area contributed by atoms with Crippen LogP contribution in [0.1, 0.15) is 26.5 Å². The zero-order valence-corrected chi connectivity index (χ0v) is 11.9. The van der Waals surface area contributed by atoms with Crippen molar-refractivity contribution in [3.8, 4) is 0 Å². The molecular weight excluding hydrogens is 266 g/mol. The average Bonchev–Trinajstić information content (AvgIpc) is 2.61. The molecule has 0 saturated heterocycles. The Balaban J connectivity index is 2.12. The van der Waals surface area contributed by atoms with Gasteiger partial charge in [0, 0.05) is 35.5 Å². The predicted octanol–water partition coefficient (Wildman–Crippen LogP) is 2.50. The maximum Gasteiger partial charge on any atom is 0.0360 e. The maximum atomic E-state index is 3.47. The number of aromatic nitrogens is 1. The molecule has 0 aliphatic rings. The van der Waals surface area contributed by atoms with Crippen LogP contribution >= 0.6 is 15.9 Å². The van der Waals surface area contributed by atoms with Crippen LogP contribution < -0.4 is 10.6 Å². The first-order chi connectivity index (χ1) is 7.58. The van der Waals surface area contributed by atoms with Gasteiger partial charge in [-0.15, -0.1) is 0 Å². The molecule has 0 fully saturated rings. The minimum atomic E-state index is 0.487. The molecule has 1 unspecified atom stereocenters. The molecule has 1 aromatic heterocycles. The Kier molecular flexibility index (Phi) is 6.09. The lowest BCUT2D eigenvalue weighted by Gasteiger charge is -2.15. The summed E-state index contributed by atoms with van der Waals surface area (Å²) in [5.74, 6) is 0.714. The molecule has 1 heterocycles. The van der Waals surface area contributed by atoms with Crippen molar-refractivity contribution in [2.45, 2.75) is 33.4 Å². The van der Waals surface area contributed by atoms with Crippen molar-refractivity contribution in [2.24, 2.45) is 5.92 Å². The highest BCUT2D eigenvalue weighted by molar-refractivity contribution is 9.10. The fourth-order valence-corrected chi connectivity index (χ4v) is 1.85. The molecule has 16 heavy (non-hydrogen) atoms. The lowest BCUT2D eigenvalue weighted by Crippen LogP contribution is -2.37. The van der Waals surface area contributed by atoms with E-state index in [0.29, 0.717) is 12.0 Å². The number of rotatable bonds is 7. The van der Waals surface area contributed by atoms with E-state index >= 15 is 0 Å². The number of aromatic amines is 1. The van der Waals surface area contributed by atoms with Crippen LogP contribution in [0.2, 0.25) is 0 Å². The Morgan fingerprint density at radius 2 is 2.06 bits per heavy atom. The lowest BCUT2D eigenvalue weighted by molar-refractivity contribution is 0.470. The Morgan fingerprint density at radius 3 is 2.62 bits per heavy atom. The van der Waals surface area contributed by atoms with Crippen LogP contribution in [-0.4, -0.2) is 24.1 Å². The Hall–Kier alpha value is -0.320. The van der Waals surface area contributed by atoms with E-state index < -0.39 is 0 Å². The quantitative estimate of drug-likeness (QED) is 0.721. The van der Waals surface area contributed by atoms with Gasteiger partial charge in [0.05, 0.1) is 0 Å². The molecule has 3 N–H and O–H groups in total. The van der Waals surface area contributed by atoms with Gasteiger partial charge in [-0.25, -0.2) is 0 Å². The van der Waals surface area contributed by atoms with E-state index in [4.69, 9.17) is 0 Å². The van der Waals surface area contributed by atoms with E-state index in [1.807, 2.05) is 6.20 Å². The molecule has 0 amide bonds. The predicted molar refractivity (Wildman–Crippen MR) is 72.5 cm³/mol. The fraction of sp³-hybridized carbons (Fsp3) is 0.667. The summed E-state index contributed by atoms with van der Waals surface area (Å²) < 4.78 is 1.11. The first kappa shape index (κ1) is 13.7. The number of nitrogens with one attached hydrogen (secondary N) is 3. The molecule has 0 aliphatic carbocycles. The second kappa shape index (κ2) is 7.09. The van der Waals surface area contributed by atoms with Crippen LogP contribution in [-0.2, 0) is 6.54 Å². The molecule has 0 aliphatic heterocycles. The second-order valence-corrected chi connectivity index (χ2v) is 5.59. The van der Waals surface area contributed by atoms with Gasteiger partial charge in [0.25, 0.3) is 0 Å². The van der Waals surface area contributed by atoms with Crippen LogP contribution in [0.25, 0.3) is 0 Å². The maximum absolute atomic E-state index is 3.47. The van der Waals surface area contributed by atoms with Gasteiger partial charge in [0.2, 0.25) is 0 Å². The van der Waals surface area contributed by atoms with Gasteiger partial charge in [0.1, 0.15) is 0 Å². The zero-order valence-electron chi connectivity index (χ0n) is 10.3. The van der Waals surface area contributed by atoms with E-state index in [-0.39, 0.29) is 0 Å². The summed E-state index contributed by atoms with van der Waals surface area (Å²) in [6.07, 6.45) is 1.96. The van der Waals surface area contributed by atoms with E-state index in [9.17, 15) is 0 Å². The summed E-state index contributed by atoms with van der Waals surface area (Å²) in [6.45, 7) is 9.63. The molecule has 0 radical (unpaired) electrons. The van der Waals surface area contributed by atoms with Crippen LogP contribution in [0.3, 0.4) is 0 Å². The van der Waals surface area contributed by atoms with Gasteiger partial charge >= 0.3 is 0 Å². The fourth-order valence-electron chi connectivity index (χ4n) is 1.46. The van der Waals surface area contributed by atoms with Crippen LogP contribution in [0.15, 0.2) is 16.7 Å². The molecule has 1 rings (SSSR count). The highest BCUT2D eigenvalue weighted by Gasteiger charge is 2.02. The van der Waals surface area contributed by atoms with Gasteiger partial charge in [-0.05, 0) is 41.4 Å². The normalized spacial score (nSPS) is 13.3. The Labute approximate surface area is 107 Å². The van der Waals surface area contributed by atoms with Crippen molar-refractivity contribution in [1.82, 2.24) is 15.6 Å². The highest BCUT2D eigenvalue weighted by atomic mass is 79.9. The highest BCUT2D eigenvalue weighted by Crippen LogP contribution is 2.10. The zero-order chi connectivity index (χ0) is 12.0. The molecule has 0 bridgehead atoms. The molecule has 1 atom stereocenters. The summed E-state index contributed by atoms with van der Waals surface area (Å²) in [7, 11) is 0. The minimum absolute atomic E-state index is 0.487. The summed E-state index contributed by atoms with van der Waals surface area (Å²) in [6, 6.07) is 2.59. The number of hydrogen-bond donors (Lipinski definition) is 3. The van der Waals surface area contributed by atoms with Crippen molar-refractivity contribution < 1.29 is 0 Å². The van der Waals surface area contributed by atoms with E-state index in [2.05, 4.69) is 58.4 Å². The van der Waals surface area contributed by atoms with Gasteiger partial charge in [0.15, 0.2) is 0 Å². The lowest BCUT2D eigenvalue weighted by atomic mass is 10.2. The number of H-pyrrole nitrogens is 1. The van der Waals surface area contributed by atoms with E-state index in [1.54, 1.807) is 0 Å².